The number of imidazole rings is 1. The molecule has 1 N–H and O–H groups in total. The molecule has 0 aliphatic heterocycles. The summed E-state index contributed by atoms with van der Waals surface area (Å²) < 4.78 is 12.7. The first kappa shape index (κ1) is 17.5. The molecule has 0 bridgehead atoms. The second-order valence-corrected chi connectivity index (χ2v) is 5.73. The average Bonchev–Trinajstić information content (AvgIpc) is 3.11. The number of aromatic nitrogens is 2. The predicted molar refractivity (Wildman–Crippen MR) is 98.6 cm³/mol. The van der Waals surface area contributed by atoms with Gasteiger partial charge < -0.3 is 19.4 Å². The van der Waals surface area contributed by atoms with E-state index in [0.717, 1.165) is 17.1 Å². The summed E-state index contributed by atoms with van der Waals surface area (Å²) >= 11 is 0. The quantitative estimate of drug-likeness (QED) is 0.711. The molecule has 0 atom stereocenters. The number of aryl methyl sites for hydroxylation is 1. The van der Waals surface area contributed by atoms with Gasteiger partial charge in [0.15, 0.2) is 18.1 Å². The van der Waals surface area contributed by atoms with E-state index in [9.17, 15) is 4.79 Å². The molecular weight excluding hydrogens is 330 g/mol. The summed E-state index contributed by atoms with van der Waals surface area (Å²) in [6, 6.07) is 15.2. The lowest BCUT2D eigenvalue weighted by Crippen LogP contribution is -2.28. The van der Waals surface area contributed by atoms with Gasteiger partial charge in [-0.25, -0.2) is 4.98 Å². The van der Waals surface area contributed by atoms with E-state index in [1.165, 1.54) is 0 Å². The highest BCUT2D eigenvalue weighted by atomic mass is 16.5. The van der Waals surface area contributed by atoms with Gasteiger partial charge in [0.25, 0.3) is 5.91 Å². The van der Waals surface area contributed by atoms with Crippen LogP contribution in [0.3, 0.4) is 0 Å². The van der Waals surface area contributed by atoms with Gasteiger partial charge in [0.2, 0.25) is 0 Å². The van der Waals surface area contributed by atoms with Crippen molar-refractivity contribution in [3.8, 4) is 17.2 Å². The van der Waals surface area contributed by atoms with Gasteiger partial charge in [0.05, 0.1) is 7.11 Å². The van der Waals surface area contributed by atoms with E-state index in [-0.39, 0.29) is 12.5 Å². The molecule has 2 aromatic carbocycles. The van der Waals surface area contributed by atoms with Crippen LogP contribution in [0.4, 0.5) is 0 Å². The number of amides is 1. The zero-order valence-corrected chi connectivity index (χ0v) is 14.8. The van der Waals surface area contributed by atoms with Crippen LogP contribution in [0.25, 0.3) is 5.69 Å². The van der Waals surface area contributed by atoms with Gasteiger partial charge in [-0.2, -0.15) is 0 Å². The number of nitrogens with one attached hydrogen (secondary N) is 1. The maximum absolute atomic E-state index is 12.0. The van der Waals surface area contributed by atoms with Crippen molar-refractivity contribution in [2.75, 3.05) is 13.7 Å². The van der Waals surface area contributed by atoms with Gasteiger partial charge in [-0.15, -0.1) is 0 Å². The lowest BCUT2D eigenvalue weighted by atomic mass is 10.2. The number of hydrogen-bond donors (Lipinski definition) is 1. The number of para-hydroxylation sites is 2. The minimum absolute atomic E-state index is 0.0628. The number of carbonyl (C=O) groups excluding carboxylic acids is 1. The van der Waals surface area contributed by atoms with Crippen LogP contribution in [-0.2, 0) is 11.3 Å². The molecule has 0 fully saturated rings. The summed E-state index contributed by atoms with van der Waals surface area (Å²) in [5, 5.41) is 2.85. The SMILES string of the molecule is COc1ccccc1OCC(=O)NCc1ccc(-n2ccnc2C)cc1. The highest BCUT2D eigenvalue weighted by Gasteiger charge is 2.07. The molecule has 0 saturated carbocycles. The van der Waals surface area contributed by atoms with Crippen LogP contribution in [0.15, 0.2) is 60.9 Å². The fraction of sp³-hybridized carbons (Fsp3) is 0.200. The first-order chi connectivity index (χ1) is 12.7. The van der Waals surface area contributed by atoms with E-state index in [0.29, 0.717) is 18.0 Å². The van der Waals surface area contributed by atoms with Gasteiger partial charge in [-0.05, 0) is 36.8 Å². The van der Waals surface area contributed by atoms with Crippen molar-refractivity contribution in [3.05, 3.63) is 72.3 Å². The first-order valence-electron chi connectivity index (χ1n) is 8.29. The van der Waals surface area contributed by atoms with Crippen LogP contribution in [0, 0.1) is 6.92 Å². The fourth-order valence-electron chi connectivity index (χ4n) is 2.56. The molecule has 0 aliphatic rings. The van der Waals surface area contributed by atoms with Gasteiger partial charge in [-0.3, -0.25) is 4.79 Å². The molecule has 0 saturated heterocycles. The molecule has 0 aliphatic carbocycles. The number of rotatable bonds is 7. The van der Waals surface area contributed by atoms with Crippen molar-refractivity contribution in [1.29, 1.82) is 0 Å². The standard InChI is InChI=1S/C20H21N3O3/c1-15-21-11-12-23(15)17-9-7-16(8-10-17)13-22-20(24)14-26-19-6-4-3-5-18(19)25-2/h3-12H,13-14H2,1-2H3,(H,22,24). The highest BCUT2D eigenvalue weighted by Crippen LogP contribution is 2.25. The third-order valence-corrected chi connectivity index (χ3v) is 3.96. The van der Waals surface area contributed by atoms with Crippen LogP contribution >= 0.6 is 0 Å². The Balaban J connectivity index is 1.51. The maximum Gasteiger partial charge on any atom is 0.258 e. The van der Waals surface area contributed by atoms with E-state index >= 15 is 0 Å². The van der Waals surface area contributed by atoms with E-state index in [4.69, 9.17) is 9.47 Å². The Morgan fingerprint density at radius 3 is 2.50 bits per heavy atom. The van der Waals surface area contributed by atoms with E-state index in [1.807, 2.05) is 54.1 Å². The molecule has 6 heteroatoms. The average molecular weight is 351 g/mol. The zero-order valence-electron chi connectivity index (χ0n) is 14.8. The van der Waals surface area contributed by atoms with Gasteiger partial charge in [0, 0.05) is 24.6 Å². The van der Waals surface area contributed by atoms with Gasteiger partial charge >= 0.3 is 0 Å². The van der Waals surface area contributed by atoms with Crippen molar-refractivity contribution < 1.29 is 14.3 Å². The predicted octanol–water partition coefficient (Wildman–Crippen LogP) is 2.88. The third kappa shape index (κ3) is 4.22. The largest absolute Gasteiger partial charge is 0.493 e. The van der Waals surface area contributed by atoms with Crippen LogP contribution < -0.4 is 14.8 Å². The minimum atomic E-state index is -0.189. The molecule has 6 nitrogen and oxygen atoms in total. The normalized spacial score (nSPS) is 10.4. The molecule has 1 amide bonds. The second-order valence-electron chi connectivity index (χ2n) is 5.73. The third-order valence-electron chi connectivity index (χ3n) is 3.96. The first-order valence-corrected chi connectivity index (χ1v) is 8.29. The molecule has 0 unspecified atom stereocenters. The molecule has 3 aromatic rings. The number of ether oxygens (including phenoxy) is 2. The lowest BCUT2D eigenvalue weighted by molar-refractivity contribution is -0.123. The lowest BCUT2D eigenvalue weighted by Gasteiger charge is -2.11. The van der Waals surface area contributed by atoms with E-state index in [1.54, 1.807) is 25.4 Å². The molecular formula is C20H21N3O3. The number of nitrogens with zero attached hydrogens (tertiary/aromatic N) is 2. The van der Waals surface area contributed by atoms with E-state index < -0.39 is 0 Å². The smallest absolute Gasteiger partial charge is 0.258 e. The summed E-state index contributed by atoms with van der Waals surface area (Å²) in [7, 11) is 1.57. The zero-order chi connectivity index (χ0) is 18.4. The van der Waals surface area contributed by atoms with Crippen molar-refractivity contribution in [1.82, 2.24) is 14.9 Å². The minimum Gasteiger partial charge on any atom is -0.493 e. The topological polar surface area (TPSA) is 65.4 Å². The maximum atomic E-state index is 12.0. The molecule has 0 radical (unpaired) electrons. The van der Waals surface area contributed by atoms with Crippen LogP contribution in [0.1, 0.15) is 11.4 Å². The van der Waals surface area contributed by atoms with Crippen molar-refractivity contribution in [3.63, 3.8) is 0 Å². The molecule has 0 spiro atoms. The molecule has 1 aromatic heterocycles. The number of hydrogen-bond acceptors (Lipinski definition) is 4. The Kier molecular flexibility index (Phi) is 5.53. The van der Waals surface area contributed by atoms with Crippen molar-refractivity contribution in [2.24, 2.45) is 0 Å². The highest BCUT2D eigenvalue weighted by molar-refractivity contribution is 5.77. The van der Waals surface area contributed by atoms with Gasteiger partial charge in [-0.1, -0.05) is 24.3 Å². The van der Waals surface area contributed by atoms with Crippen LogP contribution in [0.5, 0.6) is 11.5 Å². The van der Waals surface area contributed by atoms with Gasteiger partial charge in [0.1, 0.15) is 5.82 Å². The summed E-state index contributed by atoms with van der Waals surface area (Å²) in [6.45, 7) is 2.33. The van der Waals surface area contributed by atoms with Crippen molar-refractivity contribution >= 4 is 5.91 Å². The number of carbonyl (C=O) groups is 1. The second kappa shape index (κ2) is 8.20. The van der Waals surface area contributed by atoms with Crippen LogP contribution in [0.2, 0.25) is 0 Å². The monoisotopic (exact) mass is 351 g/mol. The molecule has 1 heterocycles. The Morgan fingerprint density at radius 1 is 1.12 bits per heavy atom. The summed E-state index contributed by atoms with van der Waals surface area (Å²) in [6.07, 6.45) is 3.69. The molecule has 3 rings (SSSR count). The van der Waals surface area contributed by atoms with E-state index in [2.05, 4.69) is 10.3 Å². The summed E-state index contributed by atoms with van der Waals surface area (Å²) in [5.41, 5.74) is 2.05. The van der Waals surface area contributed by atoms with Crippen LogP contribution in [-0.4, -0.2) is 29.2 Å². The molecule has 26 heavy (non-hydrogen) atoms. The number of benzene rings is 2. The van der Waals surface area contributed by atoms with Crippen molar-refractivity contribution in [2.45, 2.75) is 13.5 Å². The Bertz CT molecular complexity index is 872. The Labute approximate surface area is 152 Å². The molecule has 134 valence electrons. The fourth-order valence-corrected chi connectivity index (χ4v) is 2.56. The summed E-state index contributed by atoms with van der Waals surface area (Å²) in [5.74, 6) is 1.89. The Morgan fingerprint density at radius 2 is 1.85 bits per heavy atom. The Hall–Kier alpha value is -3.28. The number of methoxy groups -OCH3 is 1. The summed E-state index contributed by atoms with van der Waals surface area (Å²) in [4.78, 5) is 16.2.